The van der Waals surface area contributed by atoms with Gasteiger partial charge in [0.25, 0.3) is 0 Å². The van der Waals surface area contributed by atoms with Gasteiger partial charge in [0, 0.05) is 24.7 Å². The maximum Gasteiger partial charge on any atom is 0.225 e. The largest absolute Gasteiger partial charge is 0.494 e. The molecule has 0 bridgehead atoms. The van der Waals surface area contributed by atoms with Gasteiger partial charge >= 0.3 is 0 Å². The Morgan fingerprint density at radius 3 is 2.10 bits per heavy atom. The molecule has 3 aromatic rings. The van der Waals surface area contributed by atoms with E-state index in [2.05, 4.69) is 72.6 Å². The molecule has 0 saturated heterocycles. The summed E-state index contributed by atoms with van der Waals surface area (Å²) in [6.45, 7) is 8.39. The second-order valence-corrected chi connectivity index (χ2v) is 12.6. The molecule has 0 radical (unpaired) electrons. The summed E-state index contributed by atoms with van der Waals surface area (Å²) in [5, 5.41) is 0. The van der Waals surface area contributed by atoms with Gasteiger partial charge in [0.05, 0.1) is 11.5 Å². The number of rotatable bonds is 21. The van der Waals surface area contributed by atoms with E-state index in [0.717, 1.165) is 43.9 Å². The van der Waals surface area contributed by atoms with Crippen molar-refractivity contribution in [2.45, 2.75) is 117 Å². The Morgan fingerprint density at radius 2 is 1.49 bits per heavy atom. The number of hydrogen-bond acceptors (Lipinski definition) is 3. The van der Waals surface area contributed by atoms with Crippen molar-refractivity contribution >= 4 is 22.9 Å². The summed E-state index contributed by atoms with van der Waals surface area (Å²) in [5.41, 5.74) is 5.60. The Balaban J connectivity index is 1.29. The first kappa shape index (κ1) is 32.8. The summed E-state index contributed by atoms with van der Waals surface area (Å²) >= 11 is 1.75. The number of carbonyl (C=O) groups excluding carboxylic acids is 1. The number of aryl methyl sites for hydroxylation is 2. The van der Waals surface area contributed by atoms with E-state index >= 15 is 0 Å². The lowest BCUT2D eigenvalue weighted by Gasteiger charge is -2.21. The van der Waals surface area contributed by atoms with E-state index in [1.165, 1.54) is 86.6 Å². The number of carbonyl (C=O) groups is 1. The molecule has 1 amide bonds. The number of amides is 1. The van der Waals surface area contributed by atoms with Crippen LogP contribution in [0.5, 0.6) is 5.75 Å². The van der Waals surface area contributed by atoms with Gasteiger partial charge < -0.3 is 9.64 Å². The van der Waals surface area contributed by atoms with Gasteiger partial charge in [-0.3, -0.25) is 4.79 Å². The van der Waals surface area contributed by atoms with Crippen LogP contribution in [0, 0.1) is 6.92 Å². The molecule has 4 nitrogen and oxygen atoms in total. The lowest BCUT2D eigenvalue weighted by atomic mass is 10.1. The van der Waals surface area contributed by atoms with Gasteiger partial charge in [-0.15, -0.1) is 0 Å². The third-order valence-electron chi connectivity index (χ3n) is 7.73. The minimum Gasteiger partial charge on any atom is -0.494 e. The average molecular weight is 578 g/mol. The monoisotopic (exact) mass is 577 g/mol. The van der Waals surface area contributed by atoms with Crippen LogP contribution in [0.4, 0.5) is 5.69 Å². The summed E-state index contributed by atoms with van der Waals surface area (Å²) in [6.07, 6.45) is 20.3. The number of nitrogens with zero attached hydrogens (tertiary/aromatic N) is 2. The maximum atomic E-state index is 12.5. The Morgan fingerprint density at radius 1 is 0.829 bits per heavy atom. The zero-order chi connectivity index (χ0) is 29.1. The summed E-state index contributed by atoms with van der Waals surface area (Å²) in [4.78, 5) is 15.7. The molecular formula is C36H53N2O2S+. The fourth-order valence-electron chi connectivity index (χ4n) is 5.36. The molecule has 0 spiro atoms. The summed E-state index contributed by atoms with van der Waals surface area (Å²) < 4.78 is 8.18. The Bertz CT molecular complexity index is 1120. The standard InChI is InChI=1S/C36H53N2O2S/c1-4-5-6-7-8-9-10-11-12-13-14-15-26-40-36-23-21-33(22-24-36)19-17-25-38(32(3)39)35-20-16-18-34(27-35)29-37-28-31(2)41-30-37/h16,18,20-24,27-28,30H,4-15,17,19,25-26,29H2,1-3H3/q+1. The number of ether oxygens (including phenoxy) is 1. The molecule has 0 aliphatic heterocycles. The first-order valence-electron chi connectivity index (χ1n) is 16.1. The normalized spacial score (nSPS) is 11.1. The molecule has 0 fully saturated rings. The van der Waals surface area contributed by atoms with Gasteiger partial charge in [-0.2, -0.15) is 4.57 Å². The third kappa shape index (κ3) is 13.2. The van der Waals surface area contributed by atoms with E-state index in [1.807, 2.05) is 11.0 Å². The molecule has 0 aliphatic rings. The van der Waals surface area contributed by atoms with Crippen LogP contribution in [0.2, 0.25) is 0 Å². The summed E-state index contributed by atoms with van der Waals surface area (Å²) in [6, 6.07) is 16.9. The molecule has 0 atom stereocenters. The van der Waals surface area contributed by atoms with Gasteiger partial charge in [-0.25, -0.2) is 0 Å². The minimum absolute atomic E-state index is 0.0859. The predicted octanol–water partition coefficient (Wildman–Crippen LogP) is 9.46. The van der Waals surface area contributed by atoms with Crippen molar-refractivity contribution in [1.29, 1.82) is 0 Å². The first-order chi connectivity index (χ1) is 20.0. The van der Waals surface area contributed by atoms with Crippen LogP contribution in [0.15, 0.2) is 60.2 Å². The van der Waals surface area contributed by atoms with Crippen LogP contribution in [-0.2, 0) is 17.8 Å². The molecule has 0 saturated carbocycles. The highest BCUT2D eigenvalue weighted by atomic mass is 32.1. The molecule has 41 heavy (non-hydrogen) atoms. The molecule has 0 N–H and O–H groups in total. The molecule has 5 heteroatoms. The Hall–Kier alpha value is -2.66. The average Bonchev–Trinajstić information content (AvgIpc) is 3.38. The number of hydrogen-bond donors (Lipinski definition) is 0. The van der Waals surface area contributed by atoms with Gasteiger partial charge in [-0.1, -0.05) is 113 Å². The number of aromatic nitrogens is 1. The predicted molar refractivity (Wildman–Crippen MR) is 174 cm³/mol. The van der Waals surface area contributed by atoms with E-state index < -0.39 is 0 Å². The van der Waals surface area contributed by atoms with Crippen LogP contribution in [0.1, 0.15) is 113 Å². The van der Waals surface area contributed by atoms with Crippen LogP contribution >= 0.6 is 11.3 Å². The van der Waals surface area contributed by atoms with Crippen LogP contribution in [0.25, 0.3) is 0 Å². The lowest BCUT2D eigenvalue weighted by molar-refractivity contribution is -0.683. The summed E-state index contributed by atoms with van der Waals surface area (Å²) in [7, 11) is 0. The van der Waals surface area contributed by atoms with Crippen LogP contribution < -0.4 is 14.2 Å². The number of unbranched alkanes of at least 4 members (excludes halogenated alkanes) is 11. The second-order valence-electron chi connectivity index (χ2n) is 11.5. The summed E-state index contributed by atoms with van der Waals surface area (Å²) in [5.74, 6) is 1.04. The fourth-order valence-corrected chi connectivity index (χ4v) is 5.99. The third-order valence-corrected chi connectivity index (χ3v) is 8.58. The fraction of sp³-hybridized carbons (Fsp3) is 0.556. The highest BCUT2D eigenvalue weighted by molar-refractivity contribution is 7.09. The van der Waals surface area contributed by atoms with Crippen LogP contribution in [0.3, 0.4) is 0 Å². The second kappa shape index (κ2) is 19.5. The van der Waals surface area contributed by atoms with E-state index in [0.29, 0.717) is 6.54 Å². The van der Waals surface area contributed by atoms with Crippen molar-refractivity contribution in [1.82, 2.24) is 0 Å². The van der Waals surface area contributed by atoms with Gasteiger partial charge in [-0.05, 0) is 56.0 Å². The van der Waals surface area contributed by atoms with Crippen LogP contribution in [-0.4, -0.2) is 19.1 Å². The van der Waals surface area contributed by atoms with Crippen molar-refractivity contribution < 1.29 is 14.1 Å². The maximum absolute atomic E-state index is 12.5. The molecule has 1 aromatic heterocycles. The van der Waals surface area contributed by atoms with Gasteiger partial charge in [0.2, 0.25) is 11.4 Å². The van der Waals surface area contributed by atoms with Crippen molar-refractivity contribution in [3.63, 3.8) is 0 Å². The van der Waals surface area contributed by atoms with E-state index in [4.69, 9.17) is 4.74 Å². The Labute approximate surface area is 253 Å². The molecule has 3 rings (SSSR count). The minimum atomic E-state index is 0.0859. The van der Waals surface area contributed by atoms with Crippen molar-refractivity contribution in [2.24, 2.45) is 0 Å². The zero-order valence-electron chi connectivity index (χ0n) is 25.9. The molecule has 0 aliphatic carbocycles. The number of benzene rings is 2. The van der Waals surface area contributed by atoms with E-state index in [1.54, 1.807) is 18.3 Å². The van der Waals surface area contributed by atoms with Crippen molar-refractivity contribution in [3.8, 4) is 5.75 Å². The molecule has 224 valence electrons. The smallest absolute Gasteiger partial charge is 0.225 e. The topological polar surface area (TPSA) is 33.4 Å². The van der Waals surface area contributed by atoms with E-state index in [-0.39, 0.29) is 5.91 Å². The van der Waals surface area contributed by atoms with Crippen molar-refractivity contribution in [3.05, 3.63) is 76.2 Å². The van der Waals surface area contributed by atoms with E-state index in [9.17, 15) is 4.79 Å². The first-order valence-corrected chi connectivity index (χ1v) is 17.0. The highest BCUT2D eigenvalue weighted by Crippen LogP contribution is 2.19. The molecule has 2 aromatic carbocycles. The highest BCUT2D eigenvalue weighted by Gasteiger charge is 2.13. The number of thiazole rings is 1. The van der Waals surface area contributed by atoms with Crippen molar-refractivity contribution in [2.75, 3.05) is 18.1 Å². The quantitative estimate of drug-likeness (QED) is 0.0933. The lowest BCUT2D eigenvalue weighted by Crippen LogP contribution is -2.32. The SMILES string of the molecule is CCCCCCCCCCCCCCOc1ccc(CCCN(C(C)=O)c2cccc(C[n+]3csc(C)c3)c2)cc1. The molecule has 0 unspecified atom stereocenters. The van der Waals surface area contributed by atoms with Gasteiger partial charge in [0.1, 0.15) is 5.75 Å². The number of anilines is 1. The molecule has 1 heterocycles. The Kier molecular flexibility index (Phi) is 15.6. The van der Waals surface area contributed by atoms with Gasteiger partial charge in [0.15, 0.2) is 12.7 Å². The molecular weight excluding hydrogens is 524 g/mol. The zero-order valence-corrected chi connectivity index (χ0v) is 26.7.